The monoisotopic (exact) mass is 385 g/mol. The minimum Gasteiger partial charge on any atom is -0.495 e. The largest absolute Gasteiger partial charge is 0.495 e. The van der Waals surface area contributed by atoms with E-state index >= 15 is 0 Å². The highest BCUT2D eigenvalue weighted by Gasteiger charge is 2.16. The van der Waals surface area contributed by atoms with Crippen LogP contribution >= 0.6 is 0 Å². The summed E-state index contributed by atoms with van der Waals surface area (Å²) in [6, 6.07) is 6.62. The Bertz CT molecular complexity index is 950. The van der Waals surface area contributed by atoms with Gasteiger partial charge in [-0.2, -0.15) is 8.42 Å². The number of methoxy groups -OCH3 is 1. The van der Waals surface area contributed by atoms with Crippen LogP contribution in [0.2, 0.25) is 0 Å². The first-order chi connectivity index (χ1) is 12.3. The van der Waals surface area contributed by atoms with Gasteiger partial charge < -0.3 is 10.1 Å². The van der Waals surface area contributed by atoms with E-state index in [2.05, 4.69) is 5.32 Å². The van der Waals surface area contributed by atoms with Crippen molar-refractivity contribution in [2.45, 2.75) is 0 Å². The first-order valence-electron chi connectivity index (χ1n) is 6.94. The summed E-state index contributed by atoms with van der Waals surface area (Å²) in [6.45, 7) is 0. The molecule has 0 fully saturated rings. The molecule has 0 radical (unpaired) electrons. The van der Waals surface area contributed by atoms with Gasteiger partial charge in [-0.25, -0.2) is 13.5 Å². The highest BCUT2D eigenvalue weighted by atomic mass is 32.2. The molecule has 0 aliphatic rings. The highest BCUT2D eigenvalue weighted by Crippen LogP contribution is 2.26. The molecule has 8 nitrogen and oxygen atoms in total. The van der Waals surface area contributed by atoms with Crippen molar-refractivity contribution in [1.82, 2.24) is 4.72 Å². The van der Waals surface area contributed by atoms with Gasteiger partial charge in [0.2, 0.25) is 6.41 Å². The van der Waals surface area contributed by atoms with Gasteiger partial charge in [0.1, 0.15) is 5.75 Å². The van der Waals surface area contributed by atoms with Crippen LogP contribution in [0, 0.1) is 11.6 Å². The van der Waals surface area contributed by atoms with E-state index in [1.807, 2.05) is 4.72 Å². The van der Waals surface area contributed by atoms with Gasteiger partial charge in [0.05, 0.1) is 12.8 Å². The summed E-state index contributed by atoms with van der Waals surface area (Å²) >= 11 is 0. The molecule has 2 amide bonds. The average molecular weight is 385 g/mol. The van der Waals surface area contributed by atoms with Crippen molar-refractivity contribution in [3.8, 4) is 5.75 Å². The highest BCUT2D eigenvalue weighted by molar-refractivity contribution is 7.91. The second-order valence-corrected chi connectivity index (χ2v) is 6.29. The molecule has 0 aromatic heterocycles. The van der Waals surface area contributed by atoms with Crippen molar-refractivity contribution >= 4 is 33.9 Å². The van der Waals surface area contributed by atoms with Crippen LogP contribution in [0.25, 0.3) is 0 Å². The molecular formula is C15H13F2N3O5S. The Labute approximate surface area is 147 Å². The fourth-order valence-corrected chi connectivity index (χ4v) is 2.58. The van der Waals surface area contributed by atoms with E-state index in [1.54, 1.807) is 4.72 Å². The average Bonchev–Trinajstić information content (AvgIpc) is 2.57. The van der Waals surface area contributed by atoms with Crippen LogP contribution in [0.4, 0.5) is 20.2 Å². The lowest BCUT2D eigenvalue weighted by Crippen LogP contribution is -2.29. The number of carbonyl (C=O) groups is 2. The second kappa shape index (κ2) is 7.78. The van der Waals surface area contributed by atoms with Crippen LogP contribution in [-0.2, 0) is 15.0 Å². The lowest BCUT2D eigenvalue weighted by atomic mass is 10.1. The van der Waals surface area contributed by atoms with Crippen molar-refractivity contribution in [2.24, 2.45) is 0 Å². The summed E-state index contributed by atoms with van der Waals surface area (Å²) in [5.74, 6) is -2.81. The van der Waals surface area contributed by atoms with Crippen LogP contribution in [0.3, 0.4) is 0 Å². The van der Waals surface area contributed by atoms with Crippen molar-refractivity contribution in [2.75, 3.05) is 17.1 Å². The number of carbonyl (C=O) groups excluding carboxylic acids is 2. The molecule has 0 heterocycles. The zero-order chi connectivity index (χ0) is 19.3. The minimum absolute atomic E-state index is 0.000615. The predicted octanol–water partition coefficient (Wildman–Crippen LogP) is 1.63. The van der Waals surface area contributed by atoms with Crippen molar-refractivity contribution in [3.63, 3.8) is 0 Å². The molecule has 2 aromatic rings. The number of ether oxygens (including phenoxy) is 1. The Morgan fingerprint density at radius 1 is 1.12 bits per heavy atom. The summed E-state index contributed by atoms with van der Waals surface area (Å²) in [5, 5.41) is 2.34. The lowest BCUT2D eigenvalue weighted by molar-refractivity contribution is -0.108. The molecule has 0 saturated carbocycles. The molecule has 0 bridgehead atoms. The third-order valence-corrected chi connectivity index (χ3v) is 3.98. The molecule has 2 rings (SSSR count). The number of benzene rings is 2. The molecule has 0 spiro atoms. The van der Waals surface area contributed by atoms with Gasteiger partial charge in [-0.3, -0.25) is 14.3 Å². The van der Waals surface area contributed by atoms with Crippen molar-refractivity contribution < 1.29 is 31.5 Å². The van der Waals surface area contributed by atoms with Crippen molar-refractivity contribution in [3.05, 3.63) is 53.6 Å². The number of halogens is 2. The first-order valence-corrected chi connectivity index (χ1v) is 8.42. The molecule has 0 unspecified atom stereocenters. The van der Waals surface area contributed by atoms with Gasteiger partial charge in [-0.05, 0) is 30.3 Å². The molecule has 11 heteroatoms. The number of rotatable bonds is 7. The fraction of sp³-hybridized carbons (Fsp3) is 0.0667. The molecule has 2 aromatic carbocycles. The van der Waals surface area contributed by atoms with E-state index in [0.29, 0.717) is 0 Å². The normalized spacial score (nSPS) is 10.7. The summed E-state index contributed by atoms with van der Waals surface area (Å²) < 4.78 is 57.9. The molecule has 0 atom stereocenters. The molecule has 138 valence electrons. The Morgan fingerprint density at radius 2 is 1.85 bits per heavy atom. The number of nitrogens with one attached hydrogen (secondary N) is 3. The predicted molar refractivity (Wildman–Crippen MR) is 89.0 cm³/mol. The SMILES string of the molecule is COc1ccc(C(=O)Nc2ccc(F)c(F)c2)cc1NS(=O)(=O)NC=O. The molecular weight excluding hydrogens is 372 g/mol. The van der Waals surface area contributed by atoms with Gasteiger partial charge in [0.25, 0.3) is 5.91 Å². The maximum Gasteiger partial charge on any atom is 0.323 e. The Balaban J connectivity index is 2.28. The number of hydrogen-bond donors (Lipinski definition) is 3. The van der Waals surface area contributed by atoms with Crippen LogP contribution in [0.5, 0.6) is 5.75 Å². The topological polar surface area (TPSA) is 114 Å². The fourth-order valence-electron chi connectivity index (χ4n) is 1.94. The van der Waals surface area contributed by atoms with E-state index in [-0.39, 0.29) is 29.1 Å². The molecule has 26 heavy (non-hydrogen) atoms. The van der Waals surface area contributed by atoms with Crippen LogP contribution in [0.1, 0.15) is 10.4 Å². The van der Waals surface area contributed by atoms with E-state index in [0.717, 1.165) is 24.3 Å². The number of hydrogen-bond acceptors (Lipinski definition) is 5. The van der Waals surface area contributed by atoms with Crippen molar-refractivity contribution in [1.29, 1.82) is 0 Å². The van der Waals surface area contributed by atoms with Crippen LogP contribution < -0.4 is 19.5 Å². The maximum atomic E-state index is 13.2. The Hall–Kier alpha value is -3.21. The molecule has 0 saturated heterocycles. The lowest BCUT2D eigenvalue weighted by Gasteiger charge is -2.13. The standard InChI is InChI=1S/C15H13F2N3O5S/c1-25-14-5-2-9(6-13(14)20-26(23,24)18-8-21)15(22)19-10-3-4-11(16)12(17)7-10/h2-8,20H,1H3,(H,18,21)(H,19,22). The number of anilines is 2. The Kier molecular flexibility index (Phi) is 5.72. The van der Waals surface area contributed by atoms with Gasteiger partial charge in [-0.1, -0.05) is 0 Å². The third kappa shape index (κ3) is 4.66. The summed E-state index contributed by atoms with van der Waals surface area (Å²) in [5.41, 5.74) is -0.103. The Morgan fingerprint density at radius 3 is 2.46 bits per heavy atom. The summed E-state index contributed by atoms with van der Waals surface area (Å²) in [7, 11) is -2.92. The van der Waals surface area contributed by atoms with Gasteiger partial charge in [0.15, 0.2) is 11.6 Å². The van der Waals surface area contributed by atoms with Crippen LogP contribution in [0.15, 0.2) is 36.4 Å². The molecule has 0 aliphatic carbocycles. The van der Waals surface area contributed by atoms with E-state index in [1.165, 1.54) is 19.2 Å². The quantitative estimate of drug-likeness (QED) is 0.627. The van der Waals surface area contributed by atoms with E-state index in [4.69, 9.17) is 4.74 Å². The van der Waals surface area contributed by atoms with Crippen LogP contribution in [-0.4, -0.2) is 27.8 Å². The summed E-state index contributed by atoms with van der Waals surface area (Å²) in [4.78, 5) is 22.5. The molecule has 3 N–H and O–H groups in total. The van der Waals surface area contributed by atoms with E-state index in [9.17, 15) is 26.8 Å². The number of amides is 2. The minimum atomic E-state index is -4.20. The summed E-state index contributed by atoms with van der Waals surface area (Å²) in [6.07, 6.45) is -0.0333. The van der Waals surface area contributed by atoms with E-state index < -0.39 is 27.8 Å². The van der Waals surface area contributed by atoms with Gasteiger partial charge in [-0.15, -0.1) is 0 Å². The smallest absolute Gasteiger partial charge is 0.323 e. The zero-order valence-corrected chi connectivity index (χ0v) is 14.1. The second-order valence-electron chi connectivity index (χ2n) is 4.84. The van der Waals surface area contributed by atoms with Gasteiger partial charge in [0, 0.05) is 17.3 Å². The maximum absolute atomic E-state index is 13.2. The first kappa shape index (κ1) is 19.1. The van der Waals surface area contributed by atoms with Gasteiger partial charge >= 0.3 is 10.2 Å². The zero-order valence-electron chi connectivity index (χ0n) is 13.2. The third-order valence-electron chi connectivity index (χ3n) is 3.09. The molecule has 0 aliphatic heterocycles.